The van der Waals surface area contributed by atoms with Crippen LogP contribution in [0.15, 0.2) is 0 Å². The topological polar surface area (TPSA) is 56.9 Å². The summed E-state index contributed by atoms with van der Waals surface area (Å²) in [6.45, 7) is 9.45. The molecule has 1 saturated heterocycles. The number of aromatic nitrogens is 2. The fourth-order valence-corrected chi connectivity index (χ4v) is 3.01. The van der Waals surface area contributed by atoms with E-state index in [0.29, 0.717) is 17.5 Å². The molecule has 0 radical (unpaired) electrons. The second-order valence-electron chi connectivity index (χ2n) is 5.98. The van der Waals surface area contributed by atoms with Crippen LogP contribution in [-0.4, -0.2) is 35.5 Å². The zero-order valence-corrected chi connectivity index (χ0v) is 13.0. The smallest absolute Gasteiger partial charge is 0.145 e. The number of nitrogens with one attached hydrogen (secondary N) is 1. The van der Waals surface area contributed by atoms with Crippen molar-refractivity contribution in [2.75, 3.05) is 24.5 Å². The Hall–Kier alpha value is -1.54. The molecule has 1 aliphatic rings. The summed E-state index contributed by atoms with van der Waals surface area (Å²) in [7, 11) is 1.93. The fraction of sp³-hybridized carbons (Fsp3) is 0.733. The molecule has 1 fully saturated rings. The van der Waals surface area contributed by atoms with E-state index >= 15 is 0 Å². The van der Waals surface area contributed by atoms with Gasteiger partial charge in [-0.3, -0.25) is 4.68 Å². The van der Waals surface area contributed by atoms with Crippen LogP contribution in [0.1, 0.15) is 37.9 Å². The van der Waals surface area contributed by atoms with Crippen LogP contribution in [0.5, 0.6) is 0 Å². The molecule has 1 unspecified atom stereocenters. The number of aryl methyl sites for hydroxylation is 2. The van der Waals surface area contributed by atoms with Crippen molar-refractivity contribution in [1.29, 1.82) is 5.26 Å². The number of hydrogen-bond donors (Lipinski definition) is 1. The highest BCUT2D eigenvalue weighted by Gasteiger charge is 2.25. The summed E-state index contributed by atoms with van der Waals surface area (Å²) < 4.78 is 1.85. The van der Waals surface area contributed by atoms with Crippen molar-refractivity contribution >= 4 is 5.82 Å². The number of anilines is 1. The Kier molecular flexibility index (Phi) is 4.66. The summed E-state index contributed by atoms with van der Waals surface area (Å²) >= 11 is 0. The molecule has 5 heteroatoms. The van der Waals surface area contributed by atoms with Gasteiger partial charge in [-0.1, -0.05) is 0 Å². The summed E-state index contributed by atoms with van der Waals surface area (Å²) in [6, 6.07) is 2.68. The average Bonchev–Trinajstić information content (AvgIpc) is 2.70. The lowest BCUT2D eigenvalue weighted by Crippen LogP contribution is -2.42. The highest BCUT2D eigenvalue weighted by molar-refractivity contribution is 5.57. The van der Waals surface area contributed by atoms with Crippen molar-refractivity contribution in [2.45, 2.75) is 39.7 Å². The summed E-state index contributed by atoms with van der Waals surface area (Å²) in [6.07, 6.45) is 2.50. The third-order valence-electron chi connectivity index (χ3n) is 4.05. The van der Waals surface area contributed by atoms with Crippen LogP contribution in [0.4, 0.5) is 5.82 Å². The molecule has 1 aliphatic heterocycles. The molecule has 2 heterocycles. The number of piperidine rings is 1. The highest BCUT2D eigenvalue weighted by Crippen LogP contribution is 2.26. The maximum Gasteiger partial charge on any atom is 0.145 e. The Morgan fingerprint density at radius 3 is 2.85 bits per heavy atom. The third-order valence-corrected chi connectivity index (χ3v) is 4.05. The first-order valence-electron chi connectivity index (χ1n) is 7.45. The summed E-state index contributed by atoms with van der Waals surface area (Å²) in [5.74, 6) is 1.61. The normalized spacial score (nSPS) is 19.1. The monoisotopic (exact) mass is 275 g/mol. The summed E-state index contributed by atoms with van der Waals surface area (Å²) in [5.41, 5.74) is 1.53. The predicted octanol–water partition coefficient (Wildman–Crippen LogP) is 1.81. The molecule has 1 atom stereocenters. The first-order valence-corrected chi connectivity index (χ1v) is 7.45. The fourth-order valence-electron chi connectivity index (χ4n) is 3.01. The van der Waals surface area contributed by atoms with E-state index in [9.17, 15) is 5.26 Å². The van der Waals surface area contributed by atoms with Crippen LogP contribution >= 0.6 is 0 Å². The molecule has 0 aliphatic carbocycles. The van der Waals surface area contributed by atoms with Gasteiger partial charge in [-0.05, 0) is 52.6 Å². The quantitative estimate of drug-likeness (QED) is 0.910. The second kappa shape index (κ2) is 6.27. The van der Waals surface area contributed by atoms with Crippen molar-refractivity contribution in [1.82, 2.24) is 15.1 Å². The molecule has 1 aromatic heterocycles. The Balaban J connectivity index is 2.27. The molecule has 1 aromatic rings. The first kappa shape index (κ1) is 14.9. The van der Waals surface area contributed by atoms with Crippen molar-refractivity contribution in [3.05, 3.63) is 11.3 Å². The van der Waals surface area contributed by atoms with Gasteiger partial charge < -0.3 is 10.2 Å². The minimum Gasteiger partial charge on any atom is -0.353 e. The van der Waals surface area contributed by atoms with Gasteiger partial charge in [-0.2, -0.15) is 10.4 Å². The molecular weight excluding hydrogens is 250 g/mol. The molecule has 2 rings (SSSR count). The van der Waals surface area contributed by atoms with Crippen LogP contribution in [0.2, 0.25) is 0 Å². The van der Waals surface area contributed by atoms with Crippen molar-refractivity contribution < 1.29 is 0 Å². The van der Waals surface area contributed by atoms with E-state index in [0.717, 1.165) is 31.1 Å². The second-order valence-corrected chi connectivity index (χ2v) is 5.98. The van der Waals surface area contributed by atoms with Crippen molar-refractivity contribution in [2.24, 2.45) is 13.0 Å². The number of hydrogen-bond acceptors (Lipinski definition) is 4. The molecule has 1 N–H and O–H groups in total. The van der Waals surface area contributed by atoms with Gasteiger partial charge in [0, 0.05) is 19.6 Å². The zero-order valence-electron chi connectivity index (χ0n) is 13.0. The maximum absolute atomic E-state index is 9.41. The SMILES string of the molecule is Cc1nn(C)c(N(CC2CCCNC2)C(C)C)c1C#N. The molecule has 5 nitrogen and oxygen atoms in total. The van der Waals surface area contributed by atoms with Gasteiger partial charge in [0.05, 0.1) is 5.69 Å². The largest absolute Gasteiger partial charge is 0.353 e. The van der Waals surface area contributed by atoms with Crippen LogP contribution in [0.25, 0.3) is 0 Å². The number of rotatable bonds is 4. The maximum atomic E-state index is 9.41. The van der Waals surface area contributed by atoms with Gasteiger partial charge in [0.2, 0.25) is 0 Å². The van der Waals surface area contributed by atoms with Gasteiger partial charge in [0.1, 0.15) is 17.5 Å². The van der Waals surface area contributed by atoms with Crippen LogP contribution in [0, 0.1) is 24.2 Å². The molecule has 0 amide bonds. The minimum absolute atomic E-state index is 0.360. The van der Waals surface area contributed by atoms with Gasteiger partial charge in [0.15, 0.2) is 0 Å². The number of nitriles is 1. The van der Waals surface area contributed by atoms with Crippen molar-refractivity contribution in [3.63, 3.8) is 0 Å². The lowest BCUT2D eigenvalue weighted by molar-refractivity contribution is 0.369. The Morgan fingerprint density at radius 1 is 1.55 bits per heavy atom. The molecule has 0 aromatic carbocycles. The van der Waals surface area contributed by atoms with Gasteiger partial charge in [-0.25, -0.2) is 0 Å². The standard InChI is InChI=1S/C15H25N5/c1-11(2)20(10-13-6-5-7-17-9-13)15-14(8-16)12(3)18-19(15)4/h11,13,17H,5-7,9-10H2,1-4H3. The molecular formula is C15H25N5. The van der Waals surface area contributed by atoms with E-state index in [2.05, 4.69) is 35.2 Å². The Labute approximate surface area is 121 Å². The molecule has 110 valence electrons. The Morgan fingerprint density at radius 2 is 2.30 bits per heavy atom. The van der Waals surface area contributed by atoms with E-state index in [4.69, 9.17) is 0 Å². The Bertz CT molecular complexity index is 491. The summed E-state index contributed by atoms with van der Waals surface area (Å²) in [4.78, 5) is 2.33. The van der Waals surface area contributed by atoms with Gasteiger partial charge >= 0.3 is 0 Å². The van der Waals surface area contributed by atoms with Crippen LogP contribution < -0.4 is 10.2 Å². The van der Waals surface area contributed by atoms with Crippen LogP contribution in [0.3, 0.4) is 0 Å². The predicted molar refractivity (Wildman–Crippen MR) is 80.7 cm³/mol. The first-order chi connectivity index (χ1) is 9.54. The molecule has 0 bridgehead atoms. The third kappa shape index (κ3) is 2.96. The highest BCUT2D eigenvalue weighted by atomic mass is 15.4. The van der Waals surface area contributed by atoms with Crippen LogP contribution in [-0.2, 0) is 7.05 Å². The van der Waals surface area contributed by atoms with E-state index in [1.807, 2.05) is 18.7 Å². The van der Waals surface area contributed by atoms with Gasteiger partial charge in [-0.15, -0.1) is 0 Å². The lowest BCUT2D eigenvalue weighted by Gasteiger charge is -2.34. The lowest BCUT2D eigenvalue weighted by atomic mass is 9.98. The zero-order chi connectivity index (χ0) is 14.7. The molecule has 0 spiro atoms. The summed E-state index contributed by atoms with van der Waals surface area (Å²) in [5, 5.41) is 17.3. The molecule has 20 heavy (non-hydrogen) atoms. The van der Waals surface area contributed by atoms with E-state index in [-0.39, 0.29) is 0 Å². The van der Waals surface area contributed by atoms with Crippen molar-refractivity contribution in [3.8, 4) is 6.07 Å². The number of nitrogens with zero attached hydrogens (tertiary/aromatic N) is 4. The molecule has 0 saturated carbocycles. The minimum atomic E-state index is 0.360. The van der Waals surface area contributed by atoms with Gasteiger partial charge in [0.25, 0.3) is 0 Å². The van der Waals surface area contributed by atoms with E-state index in [1.165, 1.54) is 12.8 Å². The average molecular weight is 275 g/mol. The van der Waals surface area contributed by atoms with E-state index < -0.39 is 0 Å². The van der Waals surface area contributed by atoms with E-state index in [1.54, 1.807) is 0 Å².